The Balaban J connectivity index is 2.43. The highest BCUT2D eigenvalue weighted by Gasteiger charge is 2.57. The van der Waals surface area contributed by atoms with E-state index in [-0.39, 0.29) is 0 Å². The molecule has 0 saturated heterocycles. The lowest BCUT2D eigenvalue weighted by atomic mass is 9.73. The molecule has 1 heterocycles. The van der Waals surface area contributed by atoms with Gasteiger partial charge < -0.3 is 14.9 Å². The molecule has 5 heteroatoms. The van der Waals surface area contributed by atoms with Crippen LogP contribution in [0, 0.1) is 27.7 Å². The molecule has 1 amide bonds. The molecule has 0 spiro atoms. The molecular formula is C25H33NO4. The first kappa shape index (κ1) is 22.2. The Morgan fingerprint density at radius 1 is 0.967 bits per heavy atom. The van der Waals surface area contributed by atoms with Crippen LogP contribution in [0.1, 0.15) is 68.0 Å². The fraction of sp³-hybridized carbons (Fsp3) is 0.480. The van der Waals surface area contributed by atoms with Gasteiger partial charge in [0.2, 0.25) is 0 Å². The third-order valence-electron chi connectivity index (χ3n) is 6.36. The van der Waals surface area contributed by atoms with Crippen LogP contribution >= 0.6 is 0 Å². The van der Waals surface area contributed by atoms with Crippen molar-refractivity contribution >= 4 is 11.8 Å². The number of aliphatic hydroxyl groups is 1. The second-order valence-electron chi connectivity index (χ2n) is 9.91. The highest BCUT2D eigenvalue weighted by molar-refractivity contribution is 5.91. The number of hydrogen-bond donors (Lipinski definition) is 2. The zero-order valence-electron chi connectivity index (χ0n) is 19.5. The molecule has 0 aliphatic carbocycles. The number of fused-ring (bicyclic) bond motifs is 1. The van der Waals surface area contributed by atoms with Crippen LogP contribution in [0.5, 0.6) is 5.75 Å². The fourth-order valence-electron chi connectivity index (χ4n) is 4.64. The first-order valence-electron chi connectivity index (χ1n) is 10.3. The van der Waals surface area contributed by atoms with Crippen molar-refractivity contribution in [2.24, 2.45) is 0 Å². The maximum Gasteiger partial charge on any atom is 0.412 e. The van der Waals surface area contributed by atoms with Gasteiger partial charge in [0.15, 0.2) is 5.60 Å². The SMILES string of the molecule is Cc1ccc(C2(O)c3c(C)c(N(C(=O)O)C(C)(C)C)c(C)c(C)c3OC2(C)C)cc1. The van der Waals surface area contributed by atoms with Crippen LogP contribution in [0.25, 0.3) is 0 Å². The third-order valence-corrected chi connectivity index (χ3v) is 6.36. The summed E-state index contributed by atoms with van der Waals surface area (Å²) in [7, 11) is 0. The topological polar surface area (TPSA) is 70.0 Å². The maximum absolute atomic E-state index is 12.3. The minimum Gasteiger partial charge on any atom is -0.483 e. The number of carboxylic acid groups (broad SMARTS) is 1. The Morgan fingerprint density at radius 3 is 1.97 bits per heavy atom. The van der Waals surface area contributed by atoms with Gasteiger partial charge in [-0.2, -0.15) is 0 Å². The summed E-state index contributed by atoms with van der Waals surface area (Å²) in [6.07, 6.45) is -1.02. The predicted molar refractivity (Wildman–Crippen MR) is 120 cm³/mol. The predicted octanol–water partition coefficient (Wildman–Crippen LogP) is 5.61. The first-order valence-corrected chi connectivity index (χ1v) is 10.3. The van der Waals surface area contributed by atoms with E-state index in [1.807, 2.05) is 86.6 Å². The molecule has 0 radical (unpaired) electrons. The van der Waals surface area contributed by atoms with Crippen LogP contribution in [0.4, 0.5) is 10.5 Å². The third kappa shape index (κ3) is 2.99. The van der Waals surface area contributed by atoms with E-state index in [1.54, 1.807) is 0 Å². The summed E-state index contributed by atoms with van der Waals surface area (Å²) in [4.78, 5) is 13.7. The molecule has 30 heavy (non-hydrogen) atoms. The van der Waals surface area contributed by atoms with E-state index in [0.29, 0.717) is 17.0 Å². The summed E-state index contributed by atoms with van der Waals surface area (Å²) in [5, 5.41) is 22.2. The molecule has 5 nitrogen and oxygen atoms in total. The van der Waals surface area contributed by atoms with Crippen LogP contribution in [0.15, 0.2) is 24.3 Å². The lowest BCUT2D eigenvalue weighted by Crippen LogP contribution is -2.48. The normalized spacial score (nSPS) is 19.9. The second-order valence-corrected chi connectivity index (χ2v) is 9.91. The van der Waals surface area contributed by atoms with Gasteiger partial charge >= 0.3 is 6.09 Å². The van der Waals surface area contributed by atoms with Gasteiger partial charge in [-0.05, 0) is 84.6 Å². The van der Waals surface area contributed by atoms with Gasteiger partial charge in [-0.25, -0.2) is 4.79 Å². The Morgan fingerprint density at radius 2 is 1.50 bits per heavy atom. The minimum absolute atomic E-state index is 0.609. The number of hydrogen-bond acceptors (Lipinski definition) is 3. The zero-order valence-corrected chi connectivity index (χ0v) is 19.5. The summed E-state index contributed by atoms with van der Waals surface area (Å²) in [5.74, 6) is 0.640. The summed E-state index contributed by atoms with van der Waals surface area (Å²) in [5.41, 5.74) is 2.48. The molecule has 1 aliphatic rings. The Hall–Kier alpha value is -2.53. The molecule has 0 aromatic heterocycles. The van der Waals surface area contributed by atoms with Crippen LogP contribution in [0.2, 0.25) is 0 Å². The number of ether oxygens (including phenoxy) is 1. The van der Waals surface area contributed by atoms with Crippen molar-refractivity contribution in [2.45, 2.75) is 79.1 Å². The maximum atomic E-state index is 12.3. The van der Waals surface area contributed by atoms with Crippen molar-refractivity contribution in [3.05, 3.63) is 57.6 Å². The number of nitrogens with zero attached hydrogens (tertiary/aromatic N) is 1. The summed E-state index contributed by atoms with van der Waals surface area (Å²) in [6.45, 7) is 17.1. The van der Waals surface area contributed by atoms with Crippen molar-refractivity contribution in [1.29, 1.82) is 0 Å². The van der Waals surface area contributed by atoms with E-state index in [0.717, 1.165) is 27.8 Å². The van der Waals surface area contributed by atoms with E-state index in [9.17, 15) is 15.0 Å². The van der Waals surface area contributed by atoms with Gasteiger partial charge in [-0.15, -0.1) is 0 Å². The van der Waals surface area contributed by atoms with Crippen molar-refractivity contribution < 1.29 is 19.7 Å². The number of anilines is 1. The summed E-state index contributed by atoms with van der Waals surface area (Å²) >= 11 is 0. The number of amides is 1. The largest absolute Gasteiger partial charge is 0.483 e. The van der Waals surface area contributed by atoms with Crippen molar-refractivity contribution in [2.75, 3.05) is 4.90 Å². The molecule has 1 atom stereocenters. The van der Waals surface area contributed by atoms with Gasteiger partial charge in [0.05, 0.1) is 5.69 Å². The number of rotatable bonds is 2. The van der Waals surface area contributed by atoms with Crippen LogP contribution in [-0.2, 0) is 5.60 Å². The van der Waals surface area contributed by atoms with Crippen molar-refractivity contribution in [3.8, 4) is 5.75 Å². The monoisotopic (exact) mass is 411 g/mol. The lowest BCUT2D eigenvalue weighted by molar-refractivity contribution is -0.0645. The second kappa shape index (κ2) is 6.74. The van der Waals surface area contributed by atoms with Gasteiger partial charge in [0.1, 0.15) is 11.4 Å². The molecule has 3 rings (SSSR count). The Bertz CT molecular complexity index is 1020. The van der Waals surface area contributed by atoms with Gasteiger partial charge in [0, 0.05) is 11.1 Å². The zero-order chi connectivity index (χ0) is 22.8. The van der Waals surface area contributed by atoms with Crippen LogP contribution in [0.3, 0.4) is 0 Å². The fourth-order valence-corrected chi connectivity index (χ4v) is 4.64. The Labute approximate surface area is 179 Å². The summed E-state index contributed by atoms with van der Waals surface area (Å²) < 4.78 is 6.35. The number of benzene rings is 2. The van der Waals surface area contributed by atoms with Crippen LogP contribution < -0.4 is 9.64 Å². The van der Waals surface area contributed by atoms with Crippen LogP contribution in [-0.4, -0.2) is 27.4 Å². The molecule has 0 fully saturated rings. The molecular weight excluding hydrogens is 378 g/mol. The highest BCUT2D eigenvalue weighted by atomic mass is 16.5. The molecule has 2 aromatic carbocycles. The molecule has 1 unspecified atom stereocenters. The van der Waals surface area contributed by atoms with E-state index in [2.05, 4.69) is 0 Å². The van der Waals surface area contributed by atoms with Crippen molar-refractivity contribution in [1.82, 2.24) is 0 Å². The highest BCUT2D eigenvalue weighted by Crippen LogP contribution is 2.56. The molecule has 0 bridgehead atoms. The molecule has 162 valence electrons. The Kier molecular flexibility index (Phi) is 4.98. The lowest BCUT2D eigenvalue weighted by Gasteiger charge is -2.38. The van der Waals surface area contributed by atoms with E-state index in [1.165, 1.54) is 4.90 Å². The van der Waals surface area contributed by atoms with Gasteiger partial charge in [0.25, 0.3) is 0 Å². The number of carbonyl (C=O) groups is 1. The molecule has 0 saturated carbocycles. The standard InChI is InChI=1S/C25H33NO4/c1-14-10-12-18(13-11-14)25(29)19-17(4)20(26(22(27)28)23(5,6)7)15(2)16(3)21(19)30-24(25,8)9/h10-13,29H,1-9H3,(H,27,28). The summed E-state index contributed by atoms with van der Waals surface area (Å²) in [6, 6.07) is 7.78. The average molecular weight is 412 g/mol. The molecule has 2 N–H and O–H groups in total. The minimum atomic E-state index is -1.42. The van der Waals surface area contributed by atoms with E-state index >= 15 is 0 Å². The van der Waals surface area contributed by atoms with Gasteiger partial charge in [-0.1, -0.05) is 29.8 Å². The van der Waals surface area contributed by atoms with E-state index < -0.39 is 22.8 Å². The van der Waals surface area contributed by atoms with Crippen molar-refractivity contribution in [3.63, 3.8) is 0 Å². The molecule has 2 aromatic rings. The average Bonchev–Trinajstić information content (AvgIpc) is 2.83. The smallest absolute Gasteiger partial charge is 0.412 e. The molecule has 1 aliphatic heterocycles. The quantitative estimate of drug-likeness (QED) is 0.674. The number of aryl methyl sites for hydroxylation is 1. The van der Waals surface area contributed by atoms with Gasteiger partial charge in [-0.3, -0.25) is 4.90 Å². The first-order chi connectivity index (χ1) is 13.6. The van der Waals surface area contributed by atoms with E-state index in [4.69, 9.17) is 4.74 Å².